The Morgan fingerprint density at radius 3 is 2.61 bits per heavy atom. The number of nitrogens with one attached hydrogen (secondary N) is 1. The van der Waals surface area contributed by atoms with E-state index in [0.717, 1.165) is 12.0 Å². The van der Waals surface area contributed by atoms with Gasteiger partial charge >= 0.3 is 0 Å². The lowest BCUT2D eigenvalue weighted by atomic mass is 10.2. The second kappa shape index (κ2) is 11.1. The maximum atomic E-state index is 13.2. The number of hydrogen-bond acceptors (Lipinski definition) is 4. The topological polar surface area (TPSA) is 87.5 Å². The van der Waals surface area contributed by atoms with Crippen molar-refractivity contribution in [2.75, 3.05) is 19.6 Å². The molecule has 0 bridgehead atoms. The Morgan fingerprint density at radius 1 is 1.21 bits per heavy atom. The summed E-state index contributed by atoms with van der Waals surface area (Å²) in [7, 11) is 0. The monoisotopic (exact) mass is 457 g/mol. The van der Waals surface area contributed by atoms with E-state index >= 15 is 0 Å². The molecule has 1 aliphatic rings. The van der Waals surface area contributed by atoms with E-state index in [9.17, 15) is 18.8 Å². The molecular formula is C24H32FN5O3. The van der Waals surface area contributed by atoms with Gasteiger partial charge in [0.25, 0.3) is 11.8 Å². The molecule has 0 saturated heterocycles. The summed E-state index contributed by atoms with van der Waals surface area (Å²) in [6.07, 6.45) is 1.75. The van der Waals surface area contributed by atoms with E-state index in [4.69, 9.17) is 0 Å². The van der Waals surface area contributed by atoms with Crippen LogP contribution in [0.25, 0.3) is 0 Å². The van der Waals surface area contributed by atoms with Crippen LogP contribution in [0.3, 0.4) is 0 Å². The average molecular weight is 458 g/mol. The molecular weight excluding hydrogens is 425 g/mol. The van der Waals surface area contributed by atoms with Gasteiger partial charge in [0.15, 0.2) is 5.69 Å². The smallest absolute Gasteiger partial charge is 0.274 e. The predicted octanol–water partition coefficient (Wildman–Crippen LogP) is 2.84. The first-order valence-electron chi connectivity index (χ1n) is 11.5. The van der Waals surface area contributed by atoms with Crippen molar-refractivity contribution in [1.82, 2.24) is 24.9 Å². The summed E-state index contributed by atoms with van der Waals surface area (Å²) in [4.78, 5) is 41.5. The van der Waals surface area contributed by atoms with Gasteiger partial charge in [0.2, 0.25) is 5.91 Å². The normalized spacial score (nSPS) is 14.4. The maximum Gasteiger partial charge on any atom is 0.274 e. The lowest BCUT2D eigenvalue weighted by molar-refractivity contribution is -0.121. The van der Waals surface area contributed by atoms with Crippen molar-refractivity contribution in [2.45, 2.75) is 59.2 Å². The number of carbonyl (C=O) groups is 3. The molecule has 178 valence electrons. The molecule has 0 fully saturated rings. The number of benzene rings is 1. The lowest BCUT2D eigenvalue weighted by Crippen LogP contribution is -2.37. The Bertz CT molecular complexity index is 988. The van der Waals surface area contributed by atoms with Crippen molar-refractivity contribution in [3.8, 4) is 0 Å². The van der Waals surface area contributed by atoms with Crippen LogP contribution in [0.5, 0.6) is 0 Å². The van der Waals surface area contributed by atoms with Crippen LogP contribution in [0, 0.1) is 5.82 Å². The van der Waals surface area contributed by atoms with Crippen molar-refractivity contribution in [1.29, 1.82) is 0 Å². The molecule has 0 aliphatic carbocycles. The van der Waals surface area contributed by atoms with Crippen LogP contribution in [0.15, 0.2) is 30.3 Å². The Labute approximate surface area is 193 Å². The SMILES string of the molecule is CC[C@@H](C)NC(=O)CCN(CC)C(=O)c1cc2n(n1)CCCN(Cc1ccc(F)cc1)C2=O. The zero-order valence-corrected chi connectivity index (χ0v) is 19.5. The number of aryl methyl sites for hydroxylation is 1. The quantitative estimate of drug-likeness (QED) is 0.627. The molecule has 1 aromatic heterocycles. The number of fused-ring (bicyclic) bond motifs is 1. The maximum absolute atomic E-state index is 13.2. The molecule has 8 nitrogen and oxygen atoms in total. The zero-order valence-electron chi connectivity index (χ0n) is 19.5. The van der Waals surface area contributed by atoms with E-state index in [2.05, 4.69) is 10.4 Å². The van der Waals surface area contributed by atoms with Gasteiger partial charge in [-0.1, -0.05) is 19.1 Å². The molecule has 0 unspecified atom stereocenters. The van der Waals surface area contributed by atoms with Crippen molar-refractivity contribution in [3.05, 3.63) is 53.1 Å². The number of aromatic nitrogens is 2. The molecule has 1 aliphatic heterocycles. The van der Waals surface area contributed by atoms with Crippen LogP contribution in [0.1, 0.15) is 66.6 Å². The van der Waals surface area contributed by atoms with Crippen LogP contribution < -0.4 is 5.32 Å². The number of hydrogen-bond donors (Lipinski definition) is 1. The molecule has 2 aromatic rings. The number of amides is 3. The van der Waals surface area contributed by atoms with E-state index in [1.165, 1.54) is 18.2 Å². The molecule has 2 heterocycles. The molecule has 1 aromatic carbocycles. The van der Waals surface area contributed by atoms with Gasteiger partial charge in [-0.2, -0.15) is 5.10 Å². The summed E-state index contributed by atoms with van der Waals surface area (Å²) >= 11 is 0. The third-order valence-corrected chi connectivity index (χ3v) is 5.89. The van der Waals surface area contributed by atoms with Crippen molar-refractivity contribution in [3.63, 3.8) is 0 Å². The van der Waals surface area contributed by atoms with Gasteiger partial charge in [0, 0.05) is 51.3 Å². The number of rotatable bonds is 9. The van der Waals surface area contributed by atoms with Gasteiger partial charge in [0.05, 0.1) is 0 Å². The fourth-order valence-electron chi connectivity index (χ4n) is 3.75. The van der Waals surface area contributed by atoms with E-state index in [1.54, 1.807) is 26.6 Å². The van der Waals surface area contributed by atoms with E-state index in [0.29, 0.717) is 38.3 Å². The zero-order chi connectivity index (χ0) is 24.0. The summed E-state index contributed by atoms with van der Waals surface area (Å²) in [6, 6.07) is 7.71. The van der Waals surface area contributed by atoms with Crippen LogP contribution >= 0.6 is 0 Å². The standard InChI is InChI=1S/C24H32FN5O3/c1-4-17(3)26-22(31)11-14-28(5-2)23(32)20-15-21-24(33)29(12-6-13-30(21)27-20)16-18-7-9-19(25)10-8-18/h7-10,15,17H,4-6,11-14,16H2,1-3H3,(H,26,31)/t17-/m1/s1. The van der Waals surface area contributed by atoms with Gasteiger partial charge in [-0.3, -0.25) is 19.1 Å². The molecule has 1 atom stereocenters. The van der Waals surface area contributed by atoms with E-state index in [-0.39, 0.29) is 48.2 Å². The second-order valence-electron chi connectivity index (χ2n) is 8.36. The van der Waals surface area contributed by atoms with Gasteiger partial charge in [0.1, 0.15) is 11.5 Å². The average Bonchev–Trinajstić information content (AvgIpc) is 3.17. The van der Waals surface area contributed by atoms with E-state index in [1.807, 2.05) is 20.8 Å². The van der Waals surface area contributed by atoms with Gasteiger partial charge in [-0.25, -0.2) is 4.39 Å². The minimum atomic E-state index is -0.319. The molecule has 33 heavy (non-hydrogen) atoms. The Hall–Kier alpha value is -3.23. The minimum Gasteiger partial charge on any atom is -0.354 e. The first kappa shape index (κ1) is 24.4. The fourth-order valence-corrected chi connectivity index (χ4v) is 3.75. The number of nitrogens with zero attached hydrogens (tertiary/aromatic N) is 4. The highest BCUT2D eigenvalue weighted by Crippen LogP contribution is 2.18. The van der Waals surface area contributed by atoms with Gasteiger partial charge < -0.3 is 15.1 Å². The molecule has 1 N–H and O–H groups in total. The molecule has 0 saturated carbocycles. The fraction of sp³-hybridized carbons (Fsp3) is 0.500. The minimum absolute atomic E-state index is 0.0935. The van der Waals surface area contributed by atoms with Gasteiger partial charge in [-0.05, 0) is 44.4 Å². The Morgan fingerprint density at radius 2 is 1.94 bits per heavy atom. The van der Waals surface area contributed by atoms with Crippen LogP contribution in [0.4, 0.5) is 4.39 Å². The highest BCUT2D eigenvalue weighted by Gasteiger charge is 2.28. The lowest BCUT2D eigenvalue weighted by Gasteiger charge is -2.21. The molecule has 0 spiro atoms. The molecule has 9 heteroatoms. The van der Waals surface area contributed by atoms with Crippen molar-refractivity contribution in [2.24, 2.45) is 0 Å². The second-order valence-corrected chi connectivity index (χ2v) is 8.36. The first-order valence-corrected chi connectivity index (χ1v) is 11.5. The summed E-state index contributed by atoms with van der Waals surface area (Å²) in [5.74, 6) is -0.922. The molecule has 3 rings (SSSR count). The van der Waals surface area contributed by atoms with Crippen molar-refractivity contribution < 1.29 is 18.8 Å². The third-order valence-electron chi connectivity index (χ3n) is 5.89. The number of halogens is 1. The van der Waals surface area contributed by atoms with Crippen molar-refractivity contribution >= 4 is 17.7 Å². The highest BCUT2D eigenvalue weighted by molar-refractivity contribution is 5.98. The van der Waals surface area contributed by atoms with Gasteiger partial charge in [-0.15, -0.1) is 0 Å². The largest absolute Gasteiger partial charge is 0.354 e. The Kier molecular flexibility index (Phi) is 8.19. The highest BCUT2D eigenvalue weighted by atomic mass is 19.1. The first-order chi connectivity index (χ1) is 15.8. The molecule has 3 amide bonds. The number of carbonyl (C=O) groups excluding carboxylic acids is 3. The van der Waals surface area contributed by atoms with Crippen LogP contribution in [0.2, 0.25) is 0 Å². The van der Waals surface area contributed by atoms with Crippen LogP contribution in [-0.2, 0) is 17.9 Å². The summed E-state index contributed by atoms with van der Waals surface area (Å²) < 4.78 is 14.8. The molecule has 0 radical (unpaired) electrons. The van der Waals surface area contributed by atoms with Crippen LogP contribution in [-0.4, -0.2) is 63.0 Å². The predicted molar refractivity (Wildman–Crippen MR) is 122 cm³/mol. The van der Waals surface area contributed by atoms with E-state index < -0.39 is 0 Å². The summed E-state index contributed by atoms with van der Waals surface area (Å²) in [5.41, 5.74) is 1.40. The summed E-state index contributed by atoms with van der Waals surface area (Å²) in [5, 5.41) is 7.30. The Balaban J connectivity index is 1.69. The third kappa shape index (κ3) is 6.18. The summed E-state index contributed by atoms with van der Waals surface area (Å²) in [6.45, 7) is 7.94.